The summed E-state index contributed by atoms with van der Waals surface area (Å²) in [4.78, 5) is 11.5. The van der Waals surface area contributed by atoms with Crippen molar-refractivity contribution in [3.05, 3.63) is 65.2 Å². The second-order valence-corrected chi connectivity index (χ2v) is 4.86. The van der Waals surface area contributed by atoms with E-state index in [1.54, 1.807) is 7.11 Å². The summed E-state index contributed by atoms with van der Waals surface area (Å²) >= 11 is 0. The van der Waals surface area contributed by atoms with E-state index >= 15 is 0 Å². The summed E-state index contributed by atoms with van der Waals surface area (Å²) in [5, 5.41) is 9.45. The number of methoxy groups -OCH3 is 1. The largest absolute Gasteiger partial charge is 0.497 e. The van der Waals surface area contributed by atoms with Crippen LogP contribution in [0.15, 0.2) is 48.5 Å². The molecule has 0 saturated heterocycles. The average molecular weight is 270 g/mol. The second kappa shape index (κ2) is 6.24. The van der Waals surface area contributed by atoms with Crippen LogP contribution in [0.5, 0.6) is 5.75 Å². The molecule has 3 nitrogen and oxygen atoms in total. The molecule has 3 heteroatoms. The zero-order valence-corrected chi connectivity index (χ0v) is 11.7. The van der Waals surface area contributed by atoms with E-state index in [-0.39, 0.29) is 0 Å². The fourth-order valence-electron chi connectivity index (χ4n) is 2.18. The smallest absolute Gasteiger partial charge is 0.311 e. The van der Waals surface area contributed by atoms with Crippen LogP contribution in [0.4, 0.5) is 0 Å². The van der Waals surface area contributed by atoms with E-state index in [1.807, 2.05) is 55.5 Å². The topological polar surface area (TPSA) is 46.5 Å². The molecule has 2 aromatic carbocycles. The van der Waals surface area contributed by atoms with Crippen molar-refractivity contribution in [3.8, 4) is 5.75 Å². The lowest BCUT2D eigenvalue weighted by Gasteiger charge is -2.14. The van der Waals surface area contributed by atoms with Crippen LogP contribution in [0.25, 0.3) is 0 Å². The molecule has 0 unspecified atom stereocenters. The van der Waals surface area contributed by atoms with Gasteiger partial charge in [0.25, 0.3) is 0 Å². The molecule has 0 heterocycles. The summed E-state index contributed by atoms with van der Waals surface area (Å²) in [5.74, 6) is -0.602. The van der Waals surface area contributed by atoms with Crippen molar-refractivity contribution in [2.24, 2.45) is 0 Å². The van der Waals surface area contributed by atoms with E-state index in [9.17, 15) is 9.90 Å². The van der Waals surface area contributed by atoms with Crippen LogP contribution in [0.2, 0.25) is 0 Å². The number of benzene rings is 2. The van der Waals surface area contributed by atoms with Gasteiger partial charge >= 0.3 is 5.97 Å². The van der Waals surface area contributed by atoms with Crippen molar-refractivity contribution < 1.29 is 14.6 Å². The Morgan fingerprint density at radius 2 is 1.90 bits per heavy atom. The van der Waals surface area contributed by atoms with Crippen LogP contribution in [0.1, 0.15) is 22.6 Å². The molecule has 20 heavy (non-hydrogen) atoms. The molecule has 0 aliphatic rings. The Labute approximate surface area is 118 Å². The summed E-state index contributed by atoms with van der Waals surface area (Å²) in [6.45, 7) is 1.99. The lowest BCUT2D eigenvalue weighted by molar-refractivity contribution is -0.138. The van der Waals surface area contributed by atoms with Gasteiger partial charge in [0, 0.05) is 0 Å². The van der Waals surface area contributed by atoms with E-state index < -0.39 is 11.9 Å². The number of rotatable bonds is 5. The van der Waals surface area contributed by atoms with Gasteiger partial charge in [-0.15, -0.1) is 0 Å². The highest BCUT2D eigenvalue weighted by atomic mass is 16.5. The first-order chi connectivity index (χ1) is 9.60. The van der Waals surface area contributed by atoms with Gasteiger partial charge in [0.2, 0.25) is 0 Å². The minimum Gasteiger partial charge on any atom is -0.497 e. The van der Waals surface area contributed by atoms with Gasteiger partial charge in [0.15, 0.2) is 0 Å². The van der Waals surface area contributed by atoms with E-state index in [0.717, 1.165) is 22.4 Å². The van der Waals surface area contributed by atoms with E-state index in [1.165, 1.54) is 0 Å². The van der Waals surface area contributed by atoms with Crippen LogP contribution in [0.3, 0.4) is 0 Å². The minimum atomic E-state index is -0.809. The molecule has 2 aromatic rings. The van der Waals surface area contributed by atoms with Crippen LogP contribution in [0, 0.1) is 6.92 Å². The Hall–Kier alpha value is -2.29. The van der Waals surface area contributed by atoms with Crippen LogP contribution in [-0.2, 0) is 11.2 Å². The van der Waals surface area contributed by atoms with Gasteiger partial charge in [-0.1, -0.05) is 42.0 Å². The average Bonchev–Trinajstić information content (AvgIpc) is 2.46. The molecular formula is C17H18O3. The first-order valence-corrected chi connectivity index (χ1v) is 6.52. The first kappa shape index (κ1) is 14.1. The lowest BCUT2D eigenvalue weighted by Crippen LogP contribution is -2.14. The van der Waals surface area contributed by atoms with Gasteiger partial charge in [-0.3, -0.25) is 4.79 Å². The Bertz CT molecular complexity index is 587. The third kappa shape index (κ3) is 3.38. The number of aliphatic carboxylic acids is 1. The molecule has 2 rings (SSSR count). The first-order valence-electron chi connectivity index (χ1n) is 6.52. The highest BCUT2D eigenvalue weighted by Gasteiger charge is 2.20. The Morgan fingerprint density at radius 1 is 1.20 bits per heavy atom. The van der Waals surface area contributed by atoms with Crippen LogP contribution < -0.4 is 4.74 Å². The number of carboxylic acid groups (broad SMARTS) is 1. The highest BCUT2D eigenvalue weighted by Crippen LogP contribution is 2.23. The molecule has 104 valence electrons. The molecule has 0 radical (unpaired) electrons. The van der Waals surface area contributed by atoms with E-state index in [0.29, 0.717) is 6.42 Å². The number of carboxylic acids is 1. The molecule has 1 atom stereocenters. The van der Waals surface area contributed by atoms with Crippen LogP contribution >= 0.6 is 0 Å². The predicted octanol–water partition coefficient (Wildman–Crippen LogP) is 3.41. The standard InChI is InChI=1S/C17H18O3/c1-12-6-8-14(9-7-12)16(17(18)19)11-13-4-3-5-15(10-13)20-2/h3-10,16H,11H2,1-2H3,(H,18,19)/t16-/m1/s1. The fraction of sp³-hybridized carbons (Fsp3) is 0.235. The predicted molar refractivity (Wildman–Crippen MR) is 78.3 cm³/mol. The quantitative estimate of drug-likeness (QED) is 0.905. The van der Waals surface area contributed by atoms with Crippen molar-refractivity contribution in [2.75, 3.05) is 7.11 Å². The zero-order valence-electron chi connectivity index (χ0n) is 11.7. The van der Waals surface area contributed by atoms with Gasteiger partial charge in [-0.05, 0) is 36.6 Å². The number of aryl methyl sites for hydroxylation is 1. The summed E-state index contributed by atoms with van der Waals surface area (Å²) in [5.41, 5.74) is 2.91. The Morgan fingerprint density at radius 3 is 2.50 bits per heavy atom. The van der Waals surface area contributed by atoms with Gasteiger partial charge in [0.1, 0.15) is 5.75 Å². The minimum absolute atomic E-state index is 0.454. The molecule has 0 aromatic heterocycles. The number of carbonyl (C=O) groups is 1. The molecule has 0 aliphatic heterocycles. The molecule has 0 aliphatic carbocycles. The van der Waals surface area contributed by atoms with Crippen molar-refractivity contribution in [2.45, 2.75) is 19.3 Å². The summed E-state index contributed by atoms with van der Waals surface area (Å²) < 4.78 is 5.17. The molecule has 0 spiro atoms. The maximum Gasteiger partial charge on any atom is 0.311 e. The second-order valence-electron chi connectivity index (χ2n) is 4.86. The van der Waals surface area contributed by atoms with Gasteiger partial charge in [-0.25, -0.2) is 0 Å². The fourth-order valence-corrected chi connectivity index (χ4v) is 2.18. The molecule has 1 N–H and O–H groups in total. The third-order valence-electron chi connectivity index (χ3n) is 3.35. The van der Waals surface area contributed by atoms with Crippen LogP contribution in [-0.4, -0.2) is 18.2 Å². The summed E-state index contributed by atoms with van der Waals surface area (Å²) in [6, 6.07) is 15.2. The molecule has 0 fully saturated rings. The maximum atomic E-state index is 11.5. The normalized spacial score (nSPS) is 11.9. The highest BCUT2D eigenvalue weighted by molar-refractivity contribution is 5.76. The molecular weight excluding hydrogens is 252 g/mol. The molecule has 0 bridgehead atoms. The SMILES string of the molecule is COc1cccc(C[C@@H](C(=O)O)c2ccc(C)cc2)c1. The summed E-state index contributed by atoms with van der Waals surface area (Å²) in [6.07, 6.45) is 0.454. The zero-order chi connectivity index (χ0) is 14.5. The number of hydrogen-bond acceptors (Lipinski definition) is 2. The maximum absolute atomic E-state index is 11.5. The number of ether oxygens (including phenoxy) is 1. The molecule has 0 saturated carbocycles. The van der Waals surface area contributed by atoms with Crippen molar-refractivity contribution in [1.29, 1.82) is 0 Å². The van der Waals surface area contributed by atoms with Gasteiger partial charge in [-0.2, -0.15) is 0 Å². The number of hydrogen-bond donors (Lipinski definition) is 1. The van der Waals surface area contributed by atoms with Gasteiger partial charge < -0.3 is 9.84 Å². The Kier molecular flexibility index (Phi) is 4.41. The van der Waals surface area contributed by atoms with Gasteiger partial charge in [0.05, 0.1) is 13.0 Å². The van der Waals surface area contributed by atoms with Crippen molar-refractivity contribution >= 4 is 5.97 Å². The van der Waals surface area contributed by atoms with E-state index in [4.69, 9.17) is 4.74 Å². The summed E-state index contributed by atoms with van der Waals surface area (Å²) in [7, 11) is 1.60. The van der Waals surface area contributed by atoms with E-state index in [2.05, 4.69) is 0 Å². The van der Waals surface area contributed by atoms with Crippen molar-refractivity contribution in [1.82, 2.24) is 0 Å². The monoisotopic (exact) mass is 270 g/mol. The van der Waals surface area contributed by atoms with Crippen molar-refractivity contribution in [3.63, 3.8) is 0 Å². The Balaban J connectivity index is 2.25. The molecule has 0 amide bonds. The third-order valence-corrected chi connectivity index (χ3v) is 3.35. The lowest BCUT2D eigenvalue weighted by atomic mass is 9.91.